The van der Waals surface area contributed by atoms with Gasteiger partial charge in [-0.2, -0.15) is 13.2 Å². The van der Waals surface area contributed by atoms with Gasteiger partial charge in [0.05, 0.1) is 23.1 Å². The van der Waals surface area contributed by atoms with Crippen molar-refractivity contribution in [1.82, 2.24) is 19.4 Å². The topological polar surface area (TPSA) is 128 Å². The maximum absolute atomic E-state index is 14.3. The van der Waals surface area contributed by atoms with E-state index < -0.39 is 29.5 Å². The molecule has 2 aromatic heterocycles. The van der Waals surface area contributed by atoms with Crippen LogP contribution in [0.25, 0.3) is 28.9 Å². The van der Waals surface area contributed by atoms with E-state index in [2.05, 4.69) is 23.8 Å². The third kappa shape index (κ3) is 6.51. The van der Waals surface area contributed by atoms with Gasteiger partial charge in [0.25, 0.3) is 0 Å². The van der Waals surface area contributed by atoms with Gasteiger partial charge in [-0.25, -0.2) is 18.7 Å². The fourth-order valence-corrected chi connectivity index (χ4v) is 3.85. The third-order valence-corrected chi connectivity index (χ3v) is 5.60. The van der Waals surface area contributed by atoms with Gasteiger partial charge in [-0.05, 0) is 49.8 Å². The molecular weight excluding hydrogens is 499 g/mol. The minimum atomic E-state index is -4.51. The number of aromatic nitrogens is 3. The molecule has 12 heteroatoms. The number of hydrogen-bond donors (Lipinski definition) is 0. The lowest BCUT2D eigenvalue weighted by Crippen LogP contribution is -2.34. The van der Waals surface area contributed by atoms with E-state index in [4.69, 9.17) is 0 Å². The Bertz CT molecular complexity index is 1240. The summed E-state index contributed by atoms with van der Waals surface area (Å²) < 4.78 is 69.9. The molecule has 0 aliphatic carbocycles. The number of fused-ring (bicyclic) bond motifs is 1. The largest absolute Gasteiger partial charge is 0.431 e. The van der Waals surface area contributed by atoms with E-state index in [0.717, 1.165) is 29.2 Å². The summed E-state index contributed by atoms with van der Waals surface area (Å²) in [5, 5.41) is 0. The number of pyridine rings is 1. The minimum Gasteiger partial charge on any atom is -0.412 e. The summed E-state index contributed by atoms with van der Waals surface area (Å²) in [5.74, 6) is -0.883. The molecular formula is C25H33F5N4O3. The summed E-state index contributed by atoms with van der Waals surface area (Å²) in [5.41, 5.74) is 1.31. The quantitative estimate of drug-likeness (QED) is 0.448. The van der Waals surface area contributed by atoms with Crippen molar-refractivity contribution < 1.29 is 38.4 Å². The Morgan fingerprint density at radius 1 is 0.946 bits per heavy atom. The number of alkyl halides is 3. The lowest BCUT2D eigenvalue weighted by molar-refractivity contribution is -0.111. The predicted molar refractivity (Wildman–Crippen MR) is 134 cm³/mol. The number of rotatable bonds is 2. The van der Waals surface area contributed by atoms with Crippen molar-refractivity contribution in [2.75, 3.05) is 7.05 Å². The standard InChI is InChI=1S/C22H19F5N4.C3H8.3H2O/c1-11-5-8-16(14-9-13(23)6-7-15(14)24)28-19(11)21-29-17-10-18(22(25,26)27)30(3)12(2)20(17)31(21)4;1-3-2;;;/h5-10,12H,1-4H3;3H2,1-2H3;3*1H2. The highest BCUT2D eigenvalue weighted by molar-refractivity contribution is 5.68. The second-order valence-corrected chi connectivity index (χ2v) is 8.27. The second-order valence-electron chi connectivity index (χ2n) is 8.27. The molecule has 206 valence electrons. The zero-order valence-electron chi connectivity index (χ0n) is 21.4. The van der Waals surface area contributed by atoms with Crippen LogP contribution in [-0.2, 0) is 7.05 Å². The van der Waals surface area contributed by atoms with Crippen LogP contribution in [-0.4, -0.2) is 49.1 Å². The van der Waals surface area contributed by atoms with Crippen LogP contribution in [0, 0.1) is 18.6 Å². The van der Waals surface area contributed by atoms with E-state index in [9.17, 15) is 22.0 Å². The van der Waals surface area contributed by atoms with Crippen LogP contribution in [0.4, 0.5) is 22.0 Å². The van der Waals surface area contributed by atoms with E-state index in [1.807, 2.05) is 0 Å². The summed E-state index contributed by atoms with van der Waals surface area (Å²) in [4.78, 5) is 10.1. The van der Waals surface area contributed by atoms with Gasteiger partial charge in [0, 0.05) is 19.7 Å². The van der Waals surface area contributed by atoms with E-state index in [1.165, 1.54) is 13.5 Å². The molecule has 0 spiro atoms. The van der Waals surface area contributed by atoms with Gasteiger partial charge in [-0.1, -0.05) is 26.3 Å². The summed E-state index contributed by atoms with van der Waals surface area (Å²) in [6.45, 7) is 7.69. The molecule has 1 atom stereocenters. The van der Waals surface area contributed by atoms with Crippen LogP contribution in [0.3, 0.4) is 0 Å². The molecule has 0 radical (unpaired) electrons. The molecule has 37 heavy (non-hydrogen) atoms. The maximum atomic E-state index is 14.3. The molecule has 7 nitrogen and oxygen atoms in total. The molecule has 1 unspecified atom stereocenters. The number of nitrogens with zero attached hydrogens (tertiary/aromatic N) is 4. The SMILES string of the molecule is CCC.Cc1ccc(-c2cc(F)ccc2F)nc1-c1nc2c(n1C)C(C)N(C)C(C(F)(F)F)=C2.O.O.O. The van der Waals surface area contributed by atoms with Gasteiger partial charge in [0.15, 0.2) is 5.82 Å². The highest BCUT2D eigenvalue weighted by Crippen LogP contribution is 2.41. The maximum Gasteiger partial charge on any atom is 0.431 e. The van der Waals surface area contributed by atoms with Crippen molar-refractivity contribution >= 4 is 6.08 Å². The van der Waals surface area contributed by atoms with Crippen molar-refractivity contribution in [3.8, 4) is 22.8 Å². The Morgan fingerprint density at radius 3 is 2.11 bits per heavy atom. The molecule has 0 fully saturated rings. The summed E-state index contributed by atoms with van der Waals surface area (Å²) in [6.07, 6.45) is -2.24. The lowest BCUT2D eigenvalue weighted by Gasteiger charge is -2.34. The number of benzene rings is 1. The van der Waals surface area contributed by atoms with Gasteiger partial charge in [-0.3, -0.25) is 0 Å². The highest BCUT2D eigenvalue weighted by atomic mass is 19.4. The van der Waals surface area contributed by atoms with Crippen LogP contribution < -0.4 is 0 Å². The Kier molecular flexibility index (Phi) is 11.6. The first kappa shape index (κ1) is 33.7. The highest BCUT2D eigenvalue weighted by Gasteiger charge is 2.42. The van der Waals surface area contributed by atoms with E-state index in [0.29, 0.717) is 22.8 Å². The third-order valence-electron chi connectivity index (χ3n) is 5.60. The number of aryl methyl sites for hydroxylation is 1. The zero-order valence-corrected chi connectivity index (χ0v) is 21.4. The summed E-state index contributed by atoms with van der Waals surface area (Å²) in [7, 11) is 3.09. The van der Waals surface area contributed by atoms with Gasteiger partial charge in [0.2, 0.25) is 0 Å². The molecule has 0 saturated heterocycles. The Hall–Kier alpha value is -3.35. The number of hydrogen-bond acceptors (Lipinski definition) is 3. The van der Waals surface area contributed by atoms with E-state index >= 15 is 0 Å². The minimum absolute atomic E-state index is 0. The van der Waals surface area contributed by atoms with Crippen molar-refractivity contribution in [2.24, 2.45) is 7.05 Å². The average molecular weight is 533 g/mol. The van der Waals surface area contributed by atoms with Crippen LogP contribution in [0.15, 0.2) is 36.0 Å². The number of halogens is 5. The fraction of sp³-hybridized carbons (Fsp3) is 0.360. The smallest absolute Gasteiger partial charge is 0.412 e. The molecule has 1 aromatic carbocycles. The van der Waals surface area contributed by atoms with Crippen LogP contribution >= 0.6 is 0 Å². The predicted octanol–water partition coefficient (Wildman–Crippen LogP) is 4.59. The normalized spacial score (nSPS) is 14.2. The Labute approximate surface area is 212 Å². The molecule has 4 rings (SSSR count). The number of imidazole rings is 1. The van der Waals surface area contributed by atoms with Crippen LogP contribution in [0.5, 0.6) is 0 Å². The van der Waals surface area contributed by atoms with Crippen molar-refractivity contribution in [3.05, 3.63) is 64.6 Å². The molecule has 0 saturated carbocycles. The van der Waals surface area contributed by atoms with Gasteiger partial charge < -0.3 is 25.9 Å². The van der Waals surface area contributed by atoms with Crippen molar-refractivity contribution in [3.63, 3.8) is 0 Å². The van der Waals surface area contributed by atoms with Crippen molar-refractivity contribution in [2.45, 2.75) is 46.3 Å². The summed E-state index contributed by atoms with van der Waals surface area (Å²) >= 11 is 0. The monoisotopic (exact) mass is 532 g/mol. The fourth-order valence-electron chi connectivity index (χ4n) is 3.85. The van der Waals surface area contributed by atoms with E-state index in [1.54, 1.807) is 37.6 Å². The lowest BCUT2D eigenvalue weighted by atomic mass is 10.1. The van der Waals surface area contributed by atoms with E-state index in [-0.39, 0.29) is 33.4 Å². The molecule has 1 aliphatic rings. The van der Waals surface area contributed by atoms with Gasteiger partial charge >= 0.3 is 6.18 Å². The van der Waals surface area contributed by atoms with Crippen LogP contribution in [0.1, 0.15) is 50.2 Å². The molecule has 6 N–H and O–H groups in total. The molecule has 3 aromatic rings. The van der Waals surface area contributed by atoms with Gasteiger partial charge in [-0.15, -0.1) is 0 Å². The average Bonchev–Trinajstić information content (AvgIpc) is 3.09. The summed E-state index contributed by atoms with van der Waals surface area (Å²) in [6, 6.07) is 5.78. The first-order valence-corrected chi connectivity index (χ1v) is 10.9. The van der Waals surface area contributed by atoms with Crippen molar-refractivity contribution in [1.29, 1.82) is 0 Å². The molecule has 0 amide bonds. The van der Waals surface area contributed by atoms with Gasteiger partial charge in [0.1, 0.15) is 23.0 Å². The first-order valence-electron chi connectivity index (χ1n) is 10.9. The van der Waals surface area contributed by atoms with Crippen LogP contribution in [0.2, 0.25) is 0 Å². The zero-order chi connectivity index (χ0) is 25.4. The Balaban J connectivity index is 0.00000206. The molecule has 3 heterocycles. The second kappa shape index (κ2) is 12.7. The number of allylic oxidation sites excluding steroid dienone is 1. The Morgan fingerprint density at radius 2 is 1.54 bits per heavy atom. The molecule has 0 bridgehead atoms. The molecule has 1 aliphatic heterocycles. The first-order chi connectivity index (χ1) is 15.9.